The summed E-state index contributed by atoms with van der Waals surface area (Å²) in [6.45, 7) is 0.819. The lowest BCUT2D eigenvalue weighted by atomic mass is 10.3. The van der Waals surface area contributed by atoms with Gasteiger partial charge < -0.3 is 5.32 Å². The zero-order valence-electron chi connectivity index (χ0n) is 5.76. The Morgan fingerprint density at radius 3 is 3.00 bits per heavy atom. The van der Waals surface area contributed by atoms with E-state index in [0.717, 1.165) is 16.8 Å². The number of nitrogens with one attached hydrogen (secondary N) is 1. The molecule has 0 radical (unpaired) electrons. The normalized spacial score (nSPS) is 9.80. The van der Waals surface area contributed by atoms with Crippen molar-refractivity contribution in [1.82, 2.24) is 10.3 Å². The molecule has 0 unspecified atom stereocenters. The average molecular weight is 201 g/mol. The molecule has 0 spiro atoms. The molecular weight excluding hydrogens is 192 g/mol. The van der Waals surface area contributed by atoms with Crippen molar-refractivity contribution in [3.05, 3.63) is 28.5 Å². The Balaban J connectivity index is 2.75. The minimum atomic E-state index is 0.819. The first-order valence-electron chi connectivity index (χ1n) is 3.09. The standard InChI is InChI=1S/C7H9BrN2/c1-9-5-6-3-2-4-7(8)10-6/h2-4,9H,5H2,1H3. The minimum absolute atomic E-state index is 0.819. The molecule has 10 heavy (non-hydrogen) atoms. The van der Waals surface area contributed by atoms with Crippen LogP contribution < -0.4 is 5.32 Å². The van der Waals surface area contributed by atoms with Crippen LogP contribution in [0.1, 0.15) is 5.69 Å². The molecule has 0 saturated carbocycles. The number of hydrogen-bond acceptors (Lipinski definition) is 2. The van der Waals surface area contributed by atoms with Crippen LogP contribution in [0.25, 0.3) is 0 Å². The van der Waals surface area contributed by atoms with E-state index in [0.29, 0.717) is 0 Å². The molecule has 1 rings (SSSR count). The first-order chi connectivity index (χ1) is 4.83. The number of pyridine rings is 1. The molecule has 0 aliphatic rings. The van der Waals surface area contributed by atoms with E-state index in [1.54, 1.807) is 0 Å². The van der Waals surface area contributed by atoms with Gasteiger partial charge in [-0.15, -0.1) is 0 Å². The average Bonchev–Trinajstić information content (AvgIpc) is 1.88. The summed E-state index contributed by atoms with van der Waals surface area (Å²) < 4.78 is 0.889. The van der Waals surface area contributed by atoms with Gasteiger partial charge in [0.05, 0.1) is 5.69 Å². The van der Waals surface area contributed by atoms with Crippen LogP contribution in [0.5, 0.6) is 0 Å². The van der Waals surface area contributed by atoms with Crippen molar-refractivity contribution in [3.8, 4) is 0 Å². The van der Waals surface area contributed by atoms with E-state index in [-0.39, 0.29) is 0 Å². The molecule has 0 amide bonds. The quantitative estimate of drug-likeness (QED) is 0.734. The Kier molecular flexibility index (Phi) is 2.83. The monoisotopic (exact) mass is 200 g/mol. The second-order valence-electron chi connectivity index (χ2n) is 1.98. The topological polar surface area (TPSA) is 24.9 Å². The summed E-state index contributed by atoms with van der Waals surface area (Å²) in [7, 11) is 1.91. The zero-order valence-corrected chi connectivity index (χ0v) is 7.35. The molecule has 2 nitrogen and oxygen atoms in total. The van der Waals surface area contributed by atoms with E-state index in [9.17, 15) is 0 Å². The van der Waals surface area contributed by atoms with Gasteiger partial charge in [-0.2, -0.15) is 0 Å². The third kappa shape index (κ3) is 2.08. The highest BCUT2D eigenvalue weighted by atomic mass is 79.9. The maximum Gasteiger partial charge on any atom is 0.106 e. The lowest BCUT2D eigenvalue weighted by molar-refractivity contribution is 0.788. The maximum atomic E-state index is 4.22. The Bertz CT molecular complexity index is 213. The molecule has 3 heteroatoms. The molecule has 1 aromatic rings. The third-order valence-electron chi connectivity index (χ3n) is 1.13. The summed E-state index contributed by atoms with van der Waals surface area (Å²) in [5, 5.41) is 3.03. The number of rotatable bonds is 2. The van der Waals surface area contributed by atoms with E-state index in [4.69, 9.17) is 0 Å². The van der Waals surface area contributed by atoms with Gasteiger partial charge in [0, 0.05) is 6.54 Å². The summed E-state index contributed by atoms with van der Waals surface area (Å²) in [6.07, 6.45) is 0. The van der Waals surface area contributed by atoms with Gasteiger partial charge in [-0.25, -0.2) is 4.98 Å². The lowest BCUT2D eigenvalue weighted by Crippen LogP contribution is -2.06. The van der Waals surface area contributed by atoms with Crippen LogP contribution in [0, 0.1) is 0 Å². The van der Waals surface area contributed by atoms with Crippen LogP contribution in [0.15, 0.2) is 22.8 Å². The van der Waals surface area contributed by atoms with Crippen molar-refractivity contribution in [2.24, 2.45) is 0 Å². The molecular formula is C7H9BrN2. The van der Waals surface area contributed by atoms with E-state index in [2.05, 4.69) is 26.2 Å². The Labute approximate surface area is 68.8 Å². The number of aromatic nitrogens is 1. The number of hydrogen-bond donors (Lipinski definition) is 1. The van der Waals surface area contributed by atoms with Crippen molar-refractivity contribution in [2.75, 3.05) is 7.05 Å². The minimum Gasteiger partial charge on any atom is -0.314 e. The van der Waals surface area contributed by atoms with Crippen LogP contribution >= 0.6 is 15.9 Å². The fourth-order valence-corrected chi connectivity index (χ4v) is 1.11. The third-order valence-corrected chi connectivity index (χ3v) is 1.57. The smallest absolute Gasteiger partial charge is 0.106 e. The van der Waals surface area contributed by atoms with Crippen LogP contribution in [-0.4, -0.2) is 12.0 Å². The van der Waals surface area contributed by atoms with E-state index in [1.807, 2.05) is 25.2 Å². The first kappa shape index (κ1) is 7.69. The van der Waals surface area contributed by atoms with Gasteiger partial charge in [0.2, 0.25) is 0 Å². The van der Waals surface area contributed by atoms with Crippen molar-refractivity contribution < 1.29 is 0 Å². The molecule has 1 heterocycles. The molecule has 0 aromatic carbocycles. The van der Waals surface area contributed by atoms with Gasteiger partial charge in [0.1, 0.15) is 4.60 Å². The molecule has 1 aromatic heterocycles. The van der Waals surface area contributed by atoms with Crippen LogP contribution in [0.3, 0.4) is 0 Å². The van der Waals surface area contributed by atoms with Gasteiger partial charge in [0.15, 0.2) is 0 Å². The largest absolute Gasteiger partial charge is 0.314 e. The molecule has 1 N–H and O–H groups in total. The second-order valence-corrected chi connectivity index (χ2v) is 2.79. The van der Waals surface area contributed by atoms with Gasteiger partial charge in [-0.05, 0) is 35.1 Å². The molecule has 54 valence electrons. The first-order valence-corrected chi connectivity index (χ1v) is 3.88. The second kappa shape index (κ2) is 3.68. The lowest BCUT2D eigenvalue weighted by Gasteiger charge is -1.97. The number of halogens is 1. The SMILES string of the molecule is CNCc1cccc(Br)n1. The van der Waals surface area contributed by atoms with Crippen LogP contribution in [0.2, 0.25) is 0 Å². The molecule has 0 aliphatic carbocycles. The summed E-state index contributed by atoms with van der Waals surface area (Å²) in [5.41, 5.74) is 1.05. The van der Waals surface area contributed by atoms with Gasteiger partial charge in [-0.3, -0.25) is 0 Å². The number of nitrogens with zero attached hydrogens (tertiary/aromatic N) is 1. The van der Waals surface area contributed by atoms with E-state index in [1.165, 1.54) is 0 Å². The van der Waals surface area contributed by atoms with E-state index >= 15 is 0 Å². The Morgan fingerprint density at radius 1 is 1.60 bits per heavy atom. The molecule has 0 bridgehead atoms. The van der Waals surface area contributed by atoms with Gasteiger partial charge >= 0.3 is 0 Å². The van der Waals surface area contributed by atoms with Gasteiger partial charge in [-0.1, -0.05) is 6.07 Å². The fraction of sp³-hybridized carbons (Fsp3) is 0.286. The predicted octanol–water partition coefficient (Wildman–Crippen LogP) is 1.56. The Morgan fingerprint density at radius 2 is 2.40 bits per heavy atom. The maximum absolute atomic E-state index is 4.22. The molecule has 0 aliphatic heterocycles. The Hall–Kier alpha value is -0.410. The summed E-state index contributed by atoms with van der Waals surface area (Å²) in [5.74, 6) is 0. The van der Waals surface area contributed by atoms with Crippen molar-refractivity contribution in [1.29, 1.82) is 0 Å². The fourth-order valence-electron chi connectivity index (χ4n) is 0.730. The summed E-state index contributed by atoms with van der Waals surface area (Å²) in [6, 6.07) is 5.88. The van der Waals surface area contributed by atoms with Crippen LogP contribution in [0.4, 0.5) is 0 Å². The van der Waals surface area contributed by atoms with Crippen molar-refractivity contribution >= 4 is 15.9 Å². The predicted molar refractivity (Wildman–Crippen MR) is 44.7 cm³/mol. The summed E-state index contributed by atoms with van der Waals surface area (Å²) in [4.78, 5) is 4.22. The molecule has 0 saturated heterocycles. The zero-order chi connectivity index (χ0) is 7.40. The molecule has 0 fully saturated rings. The van der Waals surface area contributed by atoms with E-state index < -0.39 is 0 Å². The highest BCUT2D eigenvalue weighted by Crippen LogP contribution is 2.05. The van der Waals surface area contributed by atoms with Gasteiger partial charge in [0.25, 0.3) is 0 Å². The highest BCUT2D eigenvalue weighted by molar-refractivity contribution is 9.10. The highest BCUT2D eigenvalue weighted by Gasteiger charge is 1.91. The molecule has 0 atom stereocenters. The van der Waals surface area contributed by atoms with Crippen molar-refractivity contribution in [3.63, 3.8) is 0 Å². The summed E-state index contributed by atoms with van der Waals surface area (Å²) >= 11 is 3.29. The van der Waals surface area contributed by atoms with Crippen LogP contribution in [-0.2, 0) is 6.54 Å². The van der Waals surface area contributed by atoms with Crippen molar-refractivity contribution in [2.45, 2.75) is 6.54 Å².